The van der Waals surface area contributed by atoms with Crippen molar-refractivity contribution in [3.05, 3.63) is 47.4 Å². The van der Waals surface area contributed by atoms with Gasteiger partial charge in [0, 0.05) is 23.1 Å². The Morgan fingerprint density at radius 1 is 1.05 bits per heavy atom. The number of rotatable bonds is 12. The highest BCUT2D eigenvalue weighted by Gasteiger charge is 2.34. The predicted molar refractivity (Wildman–Crippen MR) is 147 cm³/mol. The highest BCUT2D eigenvalue weighted by atomic mass is 19.1. The average Bonchev–Trinajstić information content (AvgIpc) is 3.37. The number of aromatic nitrogens is 2. The molecule has 1 aliphatic heterocycles. The average molecular weight is 523 g/mol. The van der Waals surface area contributed by atoms with Gasteiger partial charge in [0.05, 0.1) is 38.3 Å². The van der Waals surface area contributed by atoms with E-state index in [1.807, 2.05) is 18.2 Å². The van der Waals surface area contributed by atoms with Crippen molar-refractivity contribution < 1.29 is 18.6 Å². The van der Waals surface area contributed by atoms with Crippen LogP contribution in [0.1, 0.15) is 69.0 Å². The summed E-state index contributed by atoms with van der Waals surface area (Å²) in [6.07, 6.45) is 6.52. The molecule has 0 saturated carbocycles. The topological polar surface area (TPSA) is 83.4 Å². The second-order valence-electron chi connectivity index (χ2n) is 10.2. The van der Waals surface area contributed by atoms with E-state index in [9.17, 15) is 9.65 Å². The molecule has 1 aliphatic rings. The first-order chi connectivity index (χ1) is 18.5. The molecule has 0 amide bonds. The molecule has 0 spiro atoms. The van der Waals surface area contributed by atoms with Gasteiger partial charge >= 0.3 is 0 Å². The quantitative estimate of drug-likeness (QED) is 0.299. The third kappa shape index (κ3) is 5.73. The molecule has 2 aromatic carbocycles. The van der Waals surface area contributed by atoms with Crippen LogP contribution in [0.5, 0.6) is 17.2 Å². The molecule has 2 heterocycles. The van der Waals surface area contributed by atoms with Crippen molar-refractivity contribution in [3.8, 4) is 23.3 Å². The standard InChI is InChI=1S/C30H39FN4O3/c1-5-6-12-30(20-32,22-17-26(36-2)29(38-4)27(18-22)37-3)13-7-14-35-15-10-21(11-16-35)28-24-9-8-23(31)19-25(24)33-34-28/h8-9,17-19,21H,5-7,10-16H2,1-4H3,(H,33,34). The molecule has 1 saturated heterocycles. The number of unbranched alkanes of at least 4 members (excludes halogenated alkanes) is 1. The number of likely N-dealkylation sites (tertiary alicyclic amines) is 1. The number of hydrogen-bond acceptors (Lipinski definition) is 6. The zero-order chi connectivity index (χ0) is 27.1. The lowest BCUT2D eigenvalue weighted by molar-refractivity contribution is 0.203. The Bertz CT molecular complexity index is 1240. The second-order valence-corrected chi connectivity index (χ2v) is 10.2. The molecule has 3 aromatic rings. The number of nitriles is 1. The van der Waals surface area contributed by atoms with Crippen LogP contribution in [0.25, 0.3) is 10.9 Å². The van der Waals surface area contributed by atoms with Crippen molar-refractivity contribution in [2.45, 2.75) is 63.2 Å². The zero-order valence-electron chi connectivity index (χ0n) is 23.0. The Hall–Kier alpha value is -3.31. The second kappa shape index (κ2) is 12.5. The summed E-state index contributed by atoms with van der Waals surface area (Å²) in [7, 11) is 4.80. The number of aromatic amines is 1. The summed E-state index contributed by atoms with van der Waals surface area (Å²) in [6, 6.07) is 11.4. The fourth-order valence-electron chi connectivity index (χ4n) is 5.79. The van der Waals surface area contributed by atoms with E-state index in [4.69, 9.17) is 14.2 Å². The van der Waals surface area contributed by atoms with Crippen LogP contribution < -0.4 is 14.2 Å². The van der Waals surface area contributed by atoms with Crippen LogP contribution >= 0.6 is 0 Å². The molecule has 0 radical (unpaired) electrons. The van der Waals surface area contributed by atoms with E-state index in [-0.39, 0.29) is 5.82 Å². The summed E-state index contributed by atoms with van der Waals surface area (Å²) in [4.78, 5) is 2.49. The summed E-state index contributed by atoms with van der Waals surface area (Å²) in [5.41, 5.74) is 2.11. The highest BCUT2D eigenvalue weighted by Crippen LogP contribution is 2.44. The largest absolute Gasteiger partial charge is 0.493 e. The van der Waals surface area contributed by atoms with E-state index in [2.05, 4.69) is 28.1 Å². The van der Waals surface area contributed by atoms with Crippen LogP contribution in [0.15, 0.2) is 30.3 Å². The number of nitrogens with one attached hydrogen (secondary N) is 1. The SMILES string of the molecule is CCCCC(C#N)(CCCN1CCC(c2[nH]nc3cc(F)ccc23)CC1)c1cc(OC)c(OC)c(OC)c1. The number of H-pyrrole nitrogens is 1. The smallest absolute Gasteiger partial charge is 0.203 e. The first-order valence-corrected chi connectivity index (χ1v) is 13.6. The van der Waals surface area contributed by atoms with Crippen LogP contribution in [0, 0.1) is 17.1 Å². The summed E-state index contributed by atoms with van der Waals surface area (Å²) < 4.78 is 30.2. The lowest BCUT2D eigenvalue weighted by Crippen LogP contribution is -2.35. The number of benzene rings is 2. The van der Waals surface area contributed by atoms with Crippen LogP contribution in [-0.2, 0) is 5.41 Å². The lowest BCUT2D eigenvalue weighted by atomic mass is 9.74. The van der Waals surface area contributed by atoms with Gasteiger partial charge in [-0.15, -0.1) is 0 Å². The summed E-state index contributed by atoms with van der Waals surface area (Å²) >= 11 is 0. The zero-order valence-corrected chi connectivity index (χ0v) is 23.0. The fraction of sp³-hybridized carbons (Fsp3) is 0.533. The number of fused-ring (bicyclic) bond motifs is 1. The van der Waals surface area contributed by atoms with E-state index in [0.29, 0.717) is 28.7 Å². The van der Waals surface area contributed by atoms with Gasteiger partial charge in [-0.25, -0.2) is 4.39 Å². The molecule has 7 nitrogen and oxygen atoms in total. The molecule has 1 unspecified atom stereocenters. The monoisotopic (exact) mass is 522 g/mol. The molecule has 1 N–H and O–H groups in total. The van der Waals surface area contributed by atoms with Gasteiger partial charge in [-0.1, -0.05) is 19.8 Å². The molecule has 8 heteroatoms. The first kappa shape index (κ1) is 27.7. The number of hydrogen-bond donors (Lipinski definition) is 1. The Labute approximate surface area is 224 Å². The summed E-state index contributed by atoms with van der Waals surface area (Å²) in [5, 5.41) is 19.0. The Balaban J connectivity index is 1.42. The minimum atomic E-state index is -0.620. The number of ether oxygens (including phenoxy) is 3. The number of nitrogens with zero attached hydrogens (tertiary/aromatic N) is 3. The van der Waals surface area contributed by atoms with Gasteiger partial charge in [0.25, 0.3) is 0 Å². The van der Waals surface area contributed by atoms with Gasteiger partial charge in [0.15, 0.2) is 11.5 Å². The fourth-order valence-corrected chi connectivity index (χ4v) is 5.79. The van der Waals surface area contributed by atoms with Crippen molar-refractivity contribution in [3.63, 3.8) is 0 Å². The molecular formula is C30H39FN4O3. The molecule has 0 bridgehead atoms. The van der Waals surface area contributed by atoms with Crippen LogP contribution in [-0.4, -0.2) is 56.1 Å². The molecule has 204 valence electrons. The Morgan fingerprint density at radius 3 is 2.34 bits per heavy atom. The lowest BCUT2D eigenvalue weighted by Gasteiger charge is -2.33. The number of methoxy groups -OCH3 is 3. The third-order valence-electron chi connectivity index (χ3n) is 8.01. The molecule has 1 aromatic heterocycles. The first-order valence-electron chi connectivity index (χ1n) is 13.6. The van der Waals surface area contributed by atoms with Crippen molar-refractivity contribution >= 4 is 10.9 Å². The minimum absolute atomic E-state index is 0.260. The maximum absolute atomic E-state index is 13.6. The van der Waals surface area contributed by atoms with E-state index in [1.165, 1.54) is 12.1 Å². The Morgan fingerprint density at radius 2 is 1.74 bits per heavy atom. The van der Waals surface area contributed by atoms with Crippen molar-refractivity contribution in [1.29, 1.82) is 5.26 Å². The van der Waals surface area contributed by atoms with Crippen LogP contribution in [0.2, 0.25) is 0 Å². The van der Waals surface area contributed by atoms with Gasteiger partial charge in [-0.3, -0.25) is 5.10 Å². The van der Waals surface area contributed by atoms with Crippen LogP contribution in [0.4, 0.5) is 4.39 Å². The maximum atomic E-state index is 13.6. The van der Waals surface area contributed by atoms with Gasteiger partial charge in [-0.2, -0.15) is 10.4 Å². The summed E-state index contributed by atoms with van der Waals surface area (Å²) in [6.45, 7) is 5.08. The number of piperidine rings is 1. The van der Waals surface area contributed by atoms with Crippen molar-refractivity contribution in [1.82, 2.24) is 15.1 Å². The van der Waals surface area contributed by atoms with Gasteiger partial charge in [-0.05, 0) is 81.6 Å². The van der Waals surface area contributed by atoms with E-state index in [0.717, 1.165) is 81.2 Å². The van der Waals surface area contributed by atoms with Crippen LogP contribution in [0.3, 0.4) is 0 Å². The molecule has 4 rings (SSSR count). The van der Waals surface area contributed by atoms with Gasteiger partial charge < -0.3 is 19.1 Å². The molecule has 0 aliphatic carbocycles. The molecular weight excluding hydrogens is 483 g/mol. The van der Waals surface area contributed by atoms with Crippen molar-refractivity contribution in [2.24, 2.45) is 0 Å². The normalized spacial score (nSPS) is 16.2. The summed E-state index contributed by atoms with van der Waals surface area (Å²) in [5.74, 6) is 1.83. The Kier molecular flexibility index (Phi) is 9.11. The van der Waals surface area contributed by atoms with E-state index in [1.54, 1.807) is 21.3 Å². The highest BCUT2D eigenvalue weighted by molar-refractivity contribution is 5.81. The number of halogens is 1. The molecule has 38 heavy (non-hydrogen) atoms. The van der Waals surface area contributed by atoms with Gasteiger partial charge in [0.2, 0.25) is 5.75 Å². The van der Waals surface area contributed by atoms with Gasteiger partial charge in [0.1, 0.15) is 5.82 Å². The maximum Gasteiger partial charge on any atom is 0.203 e. The van der Waals surface area contributed by atoms with Crippen molar-refractivity contribution in [2.75, 3.05) is 41.0 Å². The predicted octanol–water partition coefficient (Wildman–Crippen LogP) is 6.34. The van der Waals surface area contributed by atoms with E-state index < -0.39 is 5.41 Å². The molecule has 1 atom stereocenters. The third-order valence-corrected chi connectivity index (χ3v) is 8.01. The molecule has 1 fully saturated rings. The van der Waals surface area contributed by atoms with E-state index >= 15 is 0 Å². The minimum Gasteiger partial charge on any atom is -0.493 e.